The number of nitrogens with zero attached hydrogens (tertiary/aromatic N) is 1. The SMILES string of the molecule is C[C@H](NC(=O)OC(C)(C)C)C(=O)NNc1ccccn1. The summed E-state index contributed by atoms with van der Waals surface area (Å²) in [7, 11) is 0. The predicted octanol–water partition coefficient (Wildman–Crippen LogP) is 1.44. The summed E-state index contributed by atoms with van der Waals surface area (Å²) in [5, 5.41) is 2.44. The molecule has 0 saturated heterocycles. The molecule has 110 valence electrons. The number of carbonyl (C=O) groups is 2. The fourth-order valence-corrected chi connectivity index (χ4v) is 1.22. The molecule has 0 spiro atoms. The van der Waals surface area contributed by atoms with E-state index in [0.717, 1.165) is 0 Å². The minimum absolute atomic E-state index is 0.401. The van der Waals surface area contributed by atoms with Crippen LogP contribution < -0.4 is 16.2 Å². The number of carbonyl (C=O) groups excluding carboxylic acids is 2. The first-order chi connectivity index (χ1) is 9.28. The molecule has 1 atom stereocenters. The standard InChI is InChI=1S/C13H20N4O3/c1-9(15-12(19)20-13(2,3)4)11(18)17-16-10-7-5-6-8-14-10/h5-9H,1-4H3,(H,14,16)(H,15,19)(H,17,18)/t9-/m0/s1. The van der Waals surface area contributed by atoms with E-state index in [1.54, 1.807) is 52.1 Å². The first-order valence-corrected chi connectivity index (χ1v) is 6.24. The van der Waals surface area contributed by atoms with Crippen molar-refractivity contribution in [2.45, 2.75) is 39.3 Å². The number of alkyl carbamates (subject to hydrolysis) is 1. The maximum Gasteiger partial charge on any atom is 0.408 e. The fraction of sp³-hybridized carbons (Fsp3) is 0.462. The molecule has 1 heterocycles. The molecule has 0 fully saturated rings. The van der Waals surface area contributed by atoms with Gasteiger partial charge in [0, 0.05) is 6.20 Å². The smallest absolute Gasteiger partial charge is 0.408 e. The van der Waals surface area contributed by atoms with Crippen molar-refractivity contribution in [1.29, 1.82) is 0 Å². The molecule has 0 saturated carbocycles. The van der Waals surface area contributed by atoms with Gasteiger partial charge in [-0.05, 0) is 39.8 Å². The summed E-state index contributed by atoms with van der Waals surface area (Å²) >= 11 is 0. The van der Waals surface area contributed by atoms with Crippen LogP contribution >= 0.6 is 0 Å². The number of hydrogen-bond acceptors (Lipinski definition) is 5. The topological polar surface area (TPSA) is 92.3 Å². The van der Waals surface area contributed by atoms with E-state index in [1.165, 1.54) is 0 Å². The molecule has 1 rings (SSSR count). The highest BCUT2D eigenvalue weighted by atomic mass is 16.6. The second kappa shape index (κ2) is 6.74. The van der Waals surface area contributed by atoms with Gasteiger partial charge in [0.15, 0.2) is 0 Å². The Labute approximate surface area is 118 Å². The molecule has 3 N–H and O–H groups in total. The third-order valence-corrected chi connectivity index (χ3v) is 2.11. The lowest BCUT2D eigenvalue weighted by molar-refractivity contribution is -0.122. The molecule has 0 unspecified atom stereocenters. The van der Waals surface area contributed by atoms with Gasteiger partial charge in [0.2, 0.25) is 0 Å². The summed E-state index contributed by atoms with van der Waals surface area (Å²) in [6.45, 7) is 6.80. The largest absolute Gasteiger partial charge is 0.444 e. The third-order valence-electron chi connectivity index (χ3n) is 2.11. The Morgan fingerprint density at radius 2 is 2.00 bits per heavy atom. The van der Waals surface area contributed by atoms with Gasteiger partial charge in [0.05, 0.1) is 0 Å². The molecule has 7 heteroatoms. The van der Waals surface area contributed by atoms with Crippen LogP contribution in [0, 0.1) is 0 Å². The summed E-state index contributed by atoms with van der Waals surface area (Å²) in [4.78, 5) is 27.2. The monoisotopic (exact) mass is 280 g/mol. The van der Waals surface area contributed by atoms with Gasteiger partial charge < -0.3 is 10.1 Å². The summed E-state index contributed by atoms with van der Waals surface area (Å²) in [6, 6.07) is 4.51. The second-order valence-electron chi connectivity index (χ2n) is 5.20. The minimum atomic E-state index is -0.735. The maximum atomic E-state index is 11.7. The van der Waals surface area contributed by atoms with Crippen LogP contribution in [0.5, 0.6) is 0 Å². The van der Waals surface area contributed by atoms with Gasteiger partial charge in [-0.2, -0.15) is 0 Å². The first kappa shape index (κ1) is 15.7. The molecule has 0 aliphatic carbocycles. The lowest BCUT2D eigenvalue weighted by Gasteiger charge is -2.21. The van der Waals surface area contributed by atoms with Crippen LogP contribution in [0.1, 0.15) is 27.7 Å². The number of ether oxygens (including phenoxy) is 1. The summed E-state index contributed by atoms with van der Waals surface area (Å²) in [6.07, 6.45) is 0.953. The Bertz CT molecular complexity index is 456. The van der Waals surface area contributed by atoms with Crippen molar-refractivity contribution >= 4 is 17.8 Å². The average Bonchev–Trinajstić information content (AvgIpc) is 2.34. The number of rotatable bonds is 4. The van der Waals surface area contributed by atoms with Crippen LogP contribution in [0.2, 0.25) is 0 Å². The Morgan fingerprint density at radius 1 is 1.30 bits per heavy atom. The summed E-state index contributed by atoms with van der Waals surface area (Å²) < 4.78 is 5.06. The lowest BCUT2D eigenvalue weighted by Crippen LogP contribution is -2.47. The molecule has 1 aromatic rings. The van der Waals surface area contributed by atoms with E-state index < -0.39 is 23.6 Å². The van der Waals surface area contributed by atoms with Gasteiger partial charge in [-0.25, -0.2) is 9.78 Å². The van der Waals surface area contributed by atoms with E-state index in [9.17, 15) is 9.59 Å². The fourth-order valence-electron chi connectivity index (χ4n) is 1.22. The number of hydrazine groups is 1. The van der Waals surface area contributed by atoms with Crippen molar-refractivity contribution in [2.75, 3.05) is 5.43 Å². The highest BCUT2D eigenvalue weighted by molar-refractivity contribution is 5.85. The number of amides is 2. The normalized spacial score (nSPS) is 12.2. The number of aromatic nitrogens is 1. The second-order valence-corrected chi connectivity index (χ2v) is 5.20. The first-order valence-electron chi connectivity index (χ1n) is 6.24. The van der Waals surface area contributed by atoms with Crippen LogP contribution in [-0.2, 0) is 9.53 Å². The zero-order valence-corrected chi connectivity index (χ0v) is 12.1. The Balaban J connectivity index is 2.38. The highest BCUT2D eigenvalue weighted by Gasteiger charge is 2.20. The lowest BCUT2D eigenvalue weighted by atomic mass is 10.2. The average molecular weight is 280 g/mol. The van der Waals surface area contributed by atoms with Crippen molar-refractivity contribution in [3.8, 4) is 0 Å². The van der Waals surface area contributed by atoms with E-state index in [4.69, 9.17) is 4.74 Å². The molecule has 0 bridgehead atoms. The van der Waals surface area contributed by atoms with E-state index >= 15 is 0 Å². The third kappa shape index (κ3) is 6.03. The molecular weight excluding hydrogens is 260 g/mol. The molecule has 2 amide bonds. The molecular formula is C13H20N4O3. The van der Waals surface area contributed by atoms with Crippen molar-refractivity contribution in [1.82, 2.24) is 15.7 Å². The van der Waals surface area contributed by atoms with Crippen LogP contribution in [0.4, 0.5) is 10.6 Å². The molecule has 0 radical (unpaired) electrons. The van der Waals surface area contributed by atoms with E-state index in [1.807, 2.05) is 0 Å². The van der Waals surface area contributed by atoms with Gasteiger partial charge >= 0.3 is 6.09 Å². The Kier molecular flexibility index (Phi) is 5.31. The van der Waals surface area contributed by atoms with Crippen LogP contribution in [0.3, 0.4) is 0 Å². The molecule has 0 aromatic carbocycles. The van der Waals surface area contributed by atoms with Crippen LogP contribution in [0.15, 0.2) is 24.4 Å². The number of anilines is 1. The number of hydrogen-bond donors (Lipinski definition) is 3. The van der Waals surface area contributed by atoms with Crippen molar-refractivity contribution in [2.24, 2.45) is 0 Å². The van der Waals surface area contributed by atoms with Gasteiger partial charge in [0.25, 0.3) is 5.91 Å². The molecule has 1 aromatic heterocycles. The van der Waals surface area contributed by atoms with Crippen molar-refractivity contribution in [3.63, 3.8) is 0 Å². The zero-order chi connectivity index (χ0) is 15.2. The highest BCUT2D eigenvalue weighted by Crippen LogP contribution is 2.06. The molecule has 0 aliphatic rings. The Morgan fingerprint density at radius 3 is 2.55 bits per heavy atom. The van der Waals surface area contributed by atoms with E-state index in [0.29, 0.717) is 5.82 Å². The van der Waals surface area contributed by atoms with Crippen LogP contribution in [0.25, 0.3) is 0 Å². The quantitative estimate of drug-likeness (QED) is 0.726. The predicted molar refractivity (Wildman–Crippen MR) is 74.8 cm³/mol. The zero-order valence-electron chi connectivity index (χ0n) is 12.1. The Hall–Kier alpha value is -2.31. The minimum Gasteiger partial charge on any atom is -0.444 e. The van der Waals surface area contributed by atoms with Gasteiger partial charge in [-0.1, -0.05) is 6.07 Å². The van der Waals surface area contributed by atoms with E-state index in [-0.39, 0.29) is 0 Å². The maximum absolute atomic E-state index is 11.7. The number of pyridine rings is 1. The molecule has 7 nitrogen and oxygen atoms in total. The van der Waals surface area contributed by atoms with Crippen LogP contribution in [-0.4, -0.2) is 28.6 Å². The van der Waals surface area contributed by atoms with E-state index in [2.05, 4.69) is 21.2 Å². The van der Waals surface area contributed by atoms with Crippen molar-refractivity contribution < 1.29 is 14.3 Å². The van der Waals surface area contributed by atoms with Gasteiger partial charge in [-0.3, -0.25) is 15.6 Å². The number of nitrogens with one attached hydrogen (secondary N) is 3. The van der Waals surface area contributed by atoms with Gasteiger partial charge in [0.1, 0.15) is 17.5 Å². The summed E-state index contributed by atoms with van der Waals surface area (Å²) in [5.41, 5.74) is 4.48. The molecule has 20 heavy (non-hydrogen) atoms. The van der Waals surface area contributed by atoms with Crippen molar-refractivity contribution in [3.05, 3.63) is 24.4 Å². The summed E-state index contributed by atoms with van der Waals surface area (Å²) in [5.74, 6) is 0.104. The van der Waals surface area contributed by atoms with Gasteiger partial charge in [-0.15, -0.1) is 0 Å². The molecule has 0 aliphatic heterocycles.